The van der Waals surface area contributed by atoms with Gasteiger partial charge in [-0.1, -0.05) is 35.9 Å². The molecule has 0 bridgehead atoms. The van der Waals surface area contributed by atoms with Crippen molar-refractivity contribution in [2.75, 3.05) is 26.4 Å². The molecule has 0 saturated carbocycles. The fraction of sp³-hybridized carbons (Fsp3) is 0.429. The van der Waals surface area contributed by atoms with Crippen LogP contribution in [0.5, 0.6) is 0 Å². The molecule has 0 aliphatic heterocycles. The van der Waals surface area contributed by atoms with Crippen LogP contribution in [0.15, 0.2) is 30.3 Å². The lowest BCUT2D eigenvalue weighted by atomic mass is 9.93. The Morgan fingerprint density at radius 2 is 1.14 bits per heavy atom. The molecule has 6 N–H and O–H groups in total. The molecule has 8 heteroatoms. The van der Waals surface area contributed by atoms with Crippen LogP contribution in [-0.4, -0.2) is 59.0 Å². The summed E-state index contributed by atoms with van der Waals surface area (Å²) in [6.07, 6.45) is 1.50. The molecule has 0 aliphatic rings. The predicted octanol–water partition coefficient (Wildman–Crippen LogP) is -0.261. The maximum Gasteiger partial charge on any atom is 0.231 e. The molecule has 0 fully saturated rings. The molecule has 8 nitrogen and oxygen atoms in total. The van der Waals surface area contributed by atoms with Gasteiger partial charge >= 0.3 is 0 Å². The van der Waals surface area contributed by atoms with Gasteiger partial charge in [-0.15, -0.1) is 0 Å². The van der Waals surface area contributed by atoms with E-state index in [0.717, 1.165) is 12.2 Å². The van der Waals surface area contributed by atoms with Crippen LogP contribution in [0, 0.1) is 23.2 Å². The van der Waals surface area contributed by atoms with Crippen LogP contribution in [0.25, 0.3) is 0 Å². The van der Waals surface area contributed by atoms with Crippen molar-refractivity contribution < 1.29 is 30.0 Å². The standard InChI is InChI=1S/C7H8.C5H12O4.2CHNO/c1-7-5-3-2-4-6-7;6-1-5(2-7,3-8)4-9;2*2-1-3/h2-6H,1H3;6-9H,1-4H2;2*2H. The van der Waals surface area contributed by atoms with Gasteiger partial charge < -0.3 is 20.4 Å². The molecule has 1 rings (SSSR count). The number of hydrogen-bond donors (Lipinski definition) is 6. The van der Waals surface area contributed by atoms with E-state index in [-0.39, 0.29) is 0 Å². The number of aliphatic hydroxyl groups is 4. The van der Waals surface area contributed by atoms with Crippen LogP contribution in [-0.2, 0) is 9.59 Å². The molecule has 1 aromatic carbocycles. The van der Waals surface area contributed by atoms with Crippen molar-refractivity contribution in [2.45, 2.75) is 6.92 Å². The molecule has 0 radical (unpaired) electrons. The van der Waals surface area contributed by atoms with Gasteiger partial charge in [0.05, 0.1) is 31.8 Å². The Kier molecular flexibility index (Phi) is 21.2. The molecule has 0 heterocycles. The number of aryl methyl sites for hydroxylation is 1. The summed E-state index contributed by atoms with van der Waals surface area (Å²) in [6, 6.07) is 10.3. The van der Waals surface area contributed by atoms with E-state index in [4.69, 9.17) is 40.8 Å². The topological polar surface area (TPSA) is 163 Å². The molecule has 0 aliphatic carbocycles. The summed E-state index contributed by atoms with van der Waals surface area (Å²) in [7, 11) is 0. The fourth-order valence-corrected chi connectivity index (χ4v) is 0.834. The third kappa shape index (κ3) is 15.9. The Labute approximate surface area is 128 Å². The summed E-state index contributed by atoms with van der Waals surface area (Å²) in [5.74, 6) is 0. The van der Waals surface area contributed by atoms with Crippen molar-refractivity contribution in [1.82, 2.24) is 0 Å². The number of aliphatic hydroxyl groups excluding tert-OH is 4. The van der Waals surface area contributed by atoms with Gasteiger partial charge in [-0.25, -0.2) is 20.4 Å². The van der Waals surface area contributed by atoms with Gasteiger partial charge in [0.1, 0.15) is 0 Å². The number of hydrogen-bond acceptors (Lipinski definition) is 8. The Balaban J connectivity index is -0.000000246. The van der Waals surface area contributed by atoms with Crippen LogP contribution in [0.4, 0.5) is 0 Å². The Morgan fingerprint density at radius 3 is 1.23 bits per heavy atom. The van der Waals surface area contributed by atoms with Gasteiger partial charge in [-0.3, -0.25) is 0 Å². The summed E-state index contributed by atoms with van der Waals surface area (Å²) >= 11 is 0. The van der Waals surface area contributed by atoms with Crippen molar-refractivity contribution in [2.24, 2.45) is 5.41 Å². The summed E-state index contributed by atoms with van der Waals surface area (Å²) in [5.41, 5.74) is 0.211. The maximum absolute atomic E-state index is 8.50. The first kappa shape index (κ1) is 24.8. The SMILES string of the molecule is Cc1ccccc1.N=C=O.N=C=O.OCC(CO)(CO)CO. The summed E-state index contributed by atoms with van der Waals surface area (Å²) in [5, 5.41) is 44.8. The van der Waals surface area contributed by atoms with Crippen molar-refractivity contribution in [3.63, 3.8) is 0 Å². The Bertz CT molecular complexity index is 379. The zero-order chi connectivity index (χ0) is 17.9. The molecular weight excluding hydrogens is 292 g/mol. The zero-order valence-electron chi connectivity index (χ0n) is 12.3. The second-order valence-corrected chi connectivity index (χ2v) is 3.99. The number of isocyanates is 2. The van der Waals surface area contributed by atoms with E-state index in [1.165, 1.54) is 5.56 Å². The van der Waals surface area contributed by atoms with Crippen LogP contribution in [0.3, 0.4) is 0 Å². The van der Waals surface area contributed by atoms with E-state index >= 15 is 0 Å². The largest absolute Gasteiger partial charge is 0.396 e. The minimum absolute atomic E-state index is 0.406. The molecule has 0 atom stereocenters. The second kappa shape index (κ2) is 18.8. The molecular formula is C14H22N2O6. The normalized spacial score (nSPS) is 8.41. The fourth-order valence-electron chi connectivity index (χ4n) is 0.834. The van der Waals surface area contributed by atoms with E-state index in [2.05, 4.69) is 19.1 Å². The monoisotopic (exact) mass is 314 g/mol. The van der Waals surface area contributed by atoms with E-state index in [1.807, 2.05) is 18.2 Å². The number of nitrogens with one attached hydrogen (secondary N) is 2. The van der Waals surface area contributed by atoms with Gasteiger partial charge in [0, 0.05) is 0 Å². The van der Waals surface area contributed by atoms with Gasteiger partial charge in [0.25, 0.3) is 0 Å². The number of carbonyl (C=O) groups excluding carboxylic acids is 2. The lowest BCUT2D eigenvalue weighted by Gasteiger charge is -2.23. The minimum Gasteiger partial charge on any atom is -0.396 e. The van der Waals surface area contributed by atoms with E-state index in [1.54, 1.807) is 0 Å². The first-order valence-corrected chi connectivity index (χ1v) is 6.00. The number of benzene rings is 1. The predicted molar refractivity (Wildman–Crippen MR) is 78.8 cm³/mol. The molecule has 0 amide bonds. The van der Waals surface area contributed by atoms with Crippen molar-refractivity contribution in [3.05, 3.63) is 35.9 Å². The molecule has 0 spiro atoms. The molecule has 22 heavy (non-hydrogen) atoms. The third-order valence-corrected chi connectivity index (χ3v) is 2.28. The minimum atomic E-state index is -1.11. The van der Waals surface area contributed by atoms with E-state index < -0.39 is 31.8 Å². The first-order chi connectivity index (χ1) is 10.5. The highest BCUT2D eigenvalue weighted by molar-refractivity contribution is 5.26. The quantitative estimate of drug-likeness (QED) is 0.331. The molecule has 0 saturated heterocycles. The van der Waals surface area contributed by atoms with Crippen LogP contribution in [0.1, 0.15) is 5.56 Å². The smallest absolute Gasteiger partial charge is 0.231 e. The summed E-state index contributed by atoms with van der Waals surface area (Å²) in [6.45, 7) is 0.458. The third-order valence-electron chi connectivity index (χ3n) is 2.28. The van der Waals surface area contributed by atoms with Crippen molar-refractivity contribution in [3.8, 4) is 0 Å². The second-order valence-electron chi connectivity index (χ2n) is 3.99. The lowest BCUT2D eigenvalue weighted by Crippen LogP contribution is -2.37. The van der Waals surface area contributed by atoms with Crippen molar-refractivity contribution in [1.29, 1.82) is 10.8 Å². The molecule has 0 unspecified atom stereocenters. The van der Waals surface area contributed by atoms with Gasteiger partial charge in [0.2, 0.25) is 12.2 Å². The van der Waals surface area contributed by atoms with E-state index in [0.29, 0.717) is 0 Å². The van der Waals surface area contributed by atoms with Crippen LogP contribution >= 0.6 is 0 Å². The van der Waals surface area contributed by atoms with Gasteiger partial charge in [0.15, 0.2) is 0 Å². The maximum atomic E-state index is 8.50. The van der Waals surface area contributed by atoms with E-state index in [9.17, 15) is 0 Å². The van der Waals surface area contributed by atoms with Crippen LogP contribution in [0.2, 0.25) is 0 Å². The Morgan fingerprint density at radius 1 is 0.864 bits per heavy atom. The molecule has 0 aromatic heterocycles. The highest BCUT2D eigenvalue weighted by Crippen LogP contribution is 2.11. The first-order valence-electron chi connectivity index (χ1n) is 6.00. The average Bonchev–Trinajstić information content (AvgIpc) is 2.53. The summed E-state index contributed by atoms with van der Waals surface area (Å²) < 4.78 is 0. The highest BCUT2D eigenvalue weighted by atomic mass is 16.3. The zero-order valence-corrected chi connectivity index (χ0v) is 12.3. The van der Waals surface area contributed by atoms with Gasteiger partial charge in [-0.05, 0) is 6.92 Å². The van der Waals surface area contributed by atoms with Gasteiger partial charge in [-0.2, -0.15) is 0 Å². The van der Waals surface area contributed by atoms with Crippen molar-refractivity contribution >= 4 is 12.2 Å². The lowest BCUT2D eigenvalue weighted by molar-refractivity contribution is -0.0328. The molecule has 124 valence electrons. The van der Waals surface area contributed by atoms with Crippen LogP contribution < -0.4 is 0 Å². The number of rotatable bonds is 4. The Hall–Kier alpha value is -2.18. The summed E-state index contributed by atoms with van der Waals surface area (Å²) in [4.78, 5) is 16.7. The highest BCUT2D eigenvalue weighted by Gasteiger charge is 2.26. The average molecular weight is 314 g/mol. The molecule has 1 aromatic rings.